The van der Waals surface area contributed by atoms with E-state index < -0.39 is 12.1 Å². The Labute approximate surface area is 375 Å². The highest BCUT2D eigenvalue weighted by Crippen LogP contribution is 2.45. The van der Waals surface area contributed by atoms with Gasteiger partial charge in [0.25, 0.3) is 0 Å². The van der Waals surface area contributed by atoms with E-state index in [0.29, 0.717) is 24.7 Å². The van der Waals surface area contributed by atoms with Gasteiger partial charge in [0.1, 0.15) is 17.7 Å². The number of thioether (sulfide) groups is 1. The number of likely N-dealkylation sites (tertiary alicyclic amines) is 1. The normalized spacial score (nSPS) is 20.5. The number of nitrogens with one attached hydrogen (secondary N) is 3. The maximum Gasteiger partial charge on any atom is 0.407 e. The highest BCUT2D eigenvalue weighted by Gasteiger charge is 2.45. The third kappa shape index (κ3) is 9.18. The first-order valence-electron chi connectivity index (χ1n) is 22.4. The number of carbonyl (C=O) groups excluding carboxylic acids is 3. The summed E-state index contributed by atoms with van der Waals surface area (Å²) < 4.78 is 10.5. The van der Waals surface area contributed by atoms with Gasteiger partial charge in [-0.25, -0.2) is 14.8 Å². The number of amides is 3. The Morgan fingerprint density at radius 1 is 0.778 bits per heavy atom. The van der Waals surface area contributed by atoms with Crippen LogP contribution in [-0.2, 0) is 19.1 Å². The van der Waals surface area contributed by atoms with E-state index in [1.54, 1.807) is 0 Å². The fraction of sp³-hybridized carbons (Fsp3) is 0.460. The molecule has 5 atom stereocenters. The summed E-state index contributed by atoms with van der Waals surface area (Å²) in [7, 11) is 1.30. The lowest BCUT2D eigenvalue weighted by Crippen LogP contribution is -2.51. The number of allylic oxidation sites excluding steroid dienone is 1. The molecule has 12 nitrogen and oxygen atoms in total. The minimum absolute atomic E-state index is 0.0643. The van der Waals surface area contributed by atoms with Crippen molar-refractivity contribution in [2.24, 2.45) is 23.7 Å². The van der Waals surface area contributed by atoms with E-state index in [1.165, 1.54) is 18.3 Å². The molecule has 3 aliphatic rings. The summed E-state index contributed by atoms with van der Waals surface area (Å²) in [6.07, 6.45) is 5.74. The largest absolute Gasteiger partial charge is 0.453 e. The van der Waals surface area contributed by atoms with Crippen LogP contribution < -0.4 is 5.32 Å². The van der Waals surface area contributed by atoms with Crippen LogP contribution in [0.1, 0.15) is 91.5 Å². The summed E-state index contributed by atoms with van der Waals surface area (Å²) in [6, 6.07) is 20.4. The molecular weight excluding hydrogens is 811 g/mol. The summed E-state index contributed by atoms with van der Waals surface area (Å²) >= 11 is 1.89. The maximum atomic E-state index is 14.0. The topological polar surface area (TPSA) is 146 Å². The second-order valence-electron chi connectivity index (χ2n) is 18.3. The van der Waals surface area contributed by atoms with Crippen LogP contribution in [0.3, 0.4) is 0 Å². The Morgan fingerprint density at radius 3 is 1.98 bits per heavy atom. The summed E-state index contributed by atoms with van der Waals surface area (Å²) in [5, 5.41) is 5.10. The van der Waals surface area contributed by atoms with Crippen molar-refractivity contribution in [2.45, 2.75) is 91.2 Å². The molecule has 3 fully saturated rings. The van der Waals surface area contributed by atoms with Gasteiger partial charge in [0.15, 0.2) is 0 Å². The number of aromatic amines is 2. The van der Waals surface area contributed by atoms with E-state index in [4.69, 9.17) is 19.4 Å². The second-order valence-corrected chi connectivity index (χ2v) is 19.5. The van der Waals surface area contributed by atoms with E-state index in [-0.39, 0.29) is 47.0 Å². The van der Waals surface area contributed by atoms with Crippen LogP contribution in [0.25, 0.3) is 44.4 Å². The average molecular weight is 872 g/mol. The number of carbonyl (C=O) groups is 3. The number of aromatic nitrogens is 4. The summed E-state index contributed by atoms with van der Waals surface area (Å²) in [6.45, 7) is 16.3. The van der Waals surface area contributed by atoms with Gasteiger partial charge in [-0.3, -0.25) is 9.59 Å². The Morgan fingerprint density at radius 2 is 1.37 bits per heavy atom. The number of fused-ring (bicyclic) bond motifs is 1. The molecule has 8 rings (SSSR count). The molecule has 0 aliphatic carbocycles. The van der Waals surface area contributed by atoms with Crippen molar-refractivity contribution in [3.63, 3.8) is 0 Å². The predicted molar refractivity (Wildman–Crippen MR) is 250 cm³/mol. The Balaban J connectivity index is 0.974. The van der Waals surface area contributed by atoms with Crippen LogP contribution in [0.15, 0.2) is 84.2 Å². The van der Waals surface area contributed by atoms with Crippen molar-refractivity contribution in [2.75, 3.05) is 32.6 Å². The summed E-state index contributed by atoms with van der Waals surface area (Å²) in [4.78, 5) is 60.9. The molecule has 0 radical (unpaired) electrons. The zero-order chi connectivity index (χ0) is 44.5. The lowest BCUT2D eigenvalue weighted by atomic mass is 9.93. The lowest BCUT2D eigenvalue weighted by Gasteiger charge is -2.37. The SMILES string of the molecule is COC(=O)N[C@H](C(=O)N1CC(=C(C)C)C[C@H]1c1ncc(-c2ccc3cc(-c4ccc(-c5cnc([C@@H]6CSC(C7CCOCC7)N6C(=O)[C@@H](C)C(C)C)[nH]5)cc4)ccc3c2)[nH]1)C(C)C. The monoisotopic (exact) mass is 871 g/mol. The average Bonchev–Trinajstić information content (AvgIpc) is 4.13. The van der Waals surface area contributed by atoms with Crippen LogP contribution in [-0.4, -0.2) is 91.7 Å². The molecule has 3 aromatic carbocycles. The smallest absolute Gasteiger partial charge is 0.407 e. The first-order valence-corrected chi connectivity index (χ1v) is 23.4. The first kappa shape index (κ1) is 44.2. The number of H-pyrrole nitrogens is 2. The van der Waals surface area contributed by atoms with Crippen LogP contribution in [0.5, 0.6) is 0 Å². The van der Waals surface area contributed by atoms with Gasteiger partial charge in [-0.2, -0.15) is 0 Å². The third-order valence-corrected chi connectivity index (χ3v) is 14.9. The van der Waals surface area contributed by atoms with Crippen LogP contribution >= 0.6 is 11.8 Å². The third-order valence-electron chi connectivity index (χ3n) is 13.4. The molecule has 13 heteroatoms. The van der Waals surface area contributed by atoms with E-state index in [9.17, 15) is 14.4 Å². The van der Waals surface area contributed by atoms with Gasteiger partial charge in [-0.05, 0) is 96.0 Å². The van der Waals surface area contributed by atoms with Crippen LogP contribution in [0.2, 0.25) is 0 Å². The van der Waals surface area contributed by atoms with Gasteiger partial charge in [-0.1, -0.05) is 88.7 Å². The fourth-order valence-corrected chi connectivity index (χ4v) is 10.7. The Kier molecular flexibility index (Phi) is 13.2. The standard InChI is InChI=1S/C50H61N7O5S/c1-28(2)31(7)47(58)57-43(27-63-49(57)34-17-19-62-20-18-34)46-52-24-40(53-46)33-11-9-32(10-12-33)35-13-14-37-22-38(16-15-36(37)21-35)41-25-51-45(54-41)42-23-39(29(3)4)26-56(42)48(59)44(30(5)6)55-50(60)61-8/h9-16,21-22,24-25,28,30-31,34,42-44,49H,17-20,23,26-27H2,1-8H3,(H,51,54)(H,52,53)(H,55,60)/t31-,42-,43-,44-,49?/m0/s1. The Hall–Kier alpha value is -5.40. The Bertz CT molecular complexity index is 2480. The highest BCUT2D eigenvalue weighted by molar-refractivity contribution is 8.00. The van der Waals surface area contributed by atoms with Gasteiger partial charge >= 0.3 is 6.09 Å². The van der Waals surface area contributed by atoms with Crippen molar-refractivity contribution < 1.29 is 23.9 Å². The second kappa shape index (κ2) is 18.8. The minimum atomic E-state index is -0.723. The molecule has 1 unspecified atom stereocenters. The number of methoxy groups -OCH3 is 1. The summed E-state index contributed by atoms with van der Waals surface area (Å²) in [5.41, 5.74) is 8.45. The number of rotatable bonds is 11. The lowest BCUT2D eigenvalue weighted by molar-refractivity contribution is -0.140. The molecule has 5 aromatic rings. The van der Waals surface area contributed by atoms with E-state index >= 15 is 0 Å². The quantitative estimate of drug-likeness (QED) is 0.111. The molecular formula is C50H61N7O5S. The molecule has 63 heavy (non-hydrogen) atoms. The van der Waals surface area contributed by atoms with Crippen molar-refractivity contribution in [3.05, 3.63) is 95.9 Å². The fourth-order valence-electron chi connectivity index (χ4n) is 9.08. The molecule has 0 saturated carbocycles. The van der Waals surface area contributed by atoms with Gasteiger partial charge < -0.3 is 34.6 Å². The van der Waals surface area contributed by atoms with Crippen LogP contribution in [0.4, 0.5) is 4.79 Å². The first-order chi connectivity index (χ1) is 30.3. The van der Waals surface area contributed by atoms with Crippen LogP contribution in [0, 0.1) is 23.7 Å². The molecule has 3 amide bonds. The zero-order valence-corrected chi connectivity index (χ0v) is 38.6. The molecule has 3 N–H and O–H groups in total. The van der Waals surface area contributed by atoms with Crippen molar-refractivity contribution in [1.82, 2.24) is 35.1 Å². The molecule has 332 valence electrons. The zero-order valence-electron chi connectivity index (χ0n) is 37.7. The van der Waals surface area contributed by atoms with Crippen molar-refractivity contribution in [1.29, 1.82) is 0 Å². The maximum absolute atomic E-state index is 14.0. The number of alkyl carbamates (subject to hydrolysis) is 1. The number of benzene rings is 3. The summed E-state index contributed by atoms with van der Waals surface area (Å²) in [5.74, 6) is 2.94. The molecule has 5 heterocycles. The number of hydrogen-bond donors (Lipinski definition) is 3. The molecule has 3 aliphatic heterocycles. The molecule has 0 spiro atoms. The van der Waals surface area contributed by atoms with Crippen molar-refractivity contribution >= 4 is 40.4 Å². The molecule has 0 bridgehead atoms. The van der Waals surface area contributed by atoms with E-state index in [1.807, 2.05) is 42.9 Å². The molecule has 2 aromatic heterocycles. The van der Waals surface area contributed by atoms with Crippen molar-refractivity contribution in [3.8, 4) is 33.6 Å². The number of hydrogen-bond acceptors (Lipinski definition) is 8. The van der Waals surface area contributed by atoms with E-state index in [2.05, 4.69) is 115 Å². The van der Waals surface area contributed by atoms with Gasteiger partial charge in [-0.15, -0.1) is 11.8 Å². The van der Waals surface area contributed by atoms with Gasteiger partial charge in [0, 0.05) is 37.0 Å². The van der Waals surface area contributed by atoms with Gasteiger partial charge in [0.2, 0.25) is 11.8 Å². The number of ether oxygens (including phenoxy) is 2. The number of nitrogens with zero attached hydrogens (tertiary/aromatic N) is 4. The number of imidazole rings is 2. The van der Waals surface area contributed by atoms with Gasteiger partial charge in [0.05, 0.1) is 48.3 Å². The minimum Gasteiger partial charge on any atom is -0.453 e. The molecule has 3 saturated heterocycles. The van der Waals surface area contributed by atoms with E-state index in [0.717, 1.165) is 82.0 Å². The predicted octanol–water partition coefficient (Wildman–Crippen LogP) is 9.94. The highest BCUT2D eigenvalue weighted by atomic mass is 32.2.